The Labute approximate surface area is 160 Å². The molecule has 0 bridgehead atoms. The van der Waals surface area contributed by atoms with Crippen LogP contribution < -0.4 is 15.0 Å². The minimum Gasteiger partial charge on any atom is -0.481 e. The van der Waals surface area contributed by atoms with Gasteiger partial charge in [0.1, 0.15) is 5.75 Å². The number of anilines is 2. The van der Waals surface area contributed by atoms with Crippen molar-refractivity contribution in [3.63, 3.8) is 0 Å². The highest BCUT2D eigenvalue weighted by Crippen LogP contribution is 2.34. The number of nitrogens with zero attached hydrogens (tertiary/aromatic N) is 2. The van der Waals surface area contributed by atoms with Crippen molar-refractivity contribution in [1.82, 2.24) is 4.90 Å². The Morgan fingerprint density at radius 3 is 2.63 bits per heavy atom. The van der Waals surface area contributed by atoms with Gasteiger partial charge in [-0.05, 0) is 25.0 Å². The lowest BCUT2D eigenvalue weighted by atomic mass is 10.0. The van der Waals surface area contributed by atoms with Crippen molar-refractivity contribution >= 4 is 23.2 Å². The predicted octanol–water partition coefficient (Wildman–Crippen LogP) is 2.12. The molecule has 7 heteroatoms. The first-order valence-corrected chi connectivity index (χ1v) is 9.80. The van der Waals surface area contributed by atoms with Crippen LogP contribution in [0.1, 0.15) is 26.7 Å². The first kappa shape index (κ1) is 19.6. The van der Waals surface area contributed by atoms with Gasteiger partial charge in [-0.3, -0.25) is 14.5 Å². The van der Waals surface area contributed by atoms with Gasteiger partial charge in [0.05, 0.1) is 18.9 Å². The van der Waals surface area contributed by atoms with Crippen LogP contribution in [-0.4, -0.2) is 62.7 Å². The van der Waals surface area contributed by atoms with Crippen LogP contribution in [0.15, 0.2) is 18.2 Å². The summed E-state index contributed by atoms with van der Waals surface area (Å²) in [4.78, 5) is 28.7. The Morgan fingerprint density at radius 1 is 1.19 bits per heavy atom. The fraction of sp³-hybridized carbons (Fsp3) is 0.600. The van der Waals surface area contributed by atoms with Crippen molar-refractivity contribution < 1.29 is 19.1 Å². The fourth-order valence-electron chi connectivity index (χ4n) is 3.50. The monoisotopic (exact) mass is 375 g/mol. The van der Waals surface area contributed by atoms with E-state index in [1.165, 1.54) is 0 Å². The van der Waals surface area contributed by atoms with E-state index in [0.717, 1.165) is 51.4 Å². The van der Waals surface area contributed by atoms with Crippen LogP contribution in [0.5, 0.6) is 5.75 Å². The van der Waals surface area contributed by atoms with E-state index in [1.54, 1.807) is 4.90 Å². The molecule has 0 unspecified atom stereocenters. The van der Waals surface area contributed by atoms with Crippen LogP contribution in [0, 0.1) is 5.92 Å². The molecule has 148 valence electrons. The zero-order valence-electron chi connectivity index (χ0n) is 16.2. The van der Waals surface area contributed by atoms with Gasteiger partial charge in [-0.15, -0.1) is 0 Å². The summed E-state index contributed by atoms with van der Waals surface area (Å²) >= 11 is 0. The average Bonchev–Trinajstić information content (AvgIpc) is 2.69. The second kappa shape index (κ2) is 9.19. The maximum atomic E-state index is 12.3. The van der Waals surface area contributed by atoms with E-state index in [2.05, 4.69) is 10.2 Å². The molecule has 2 heterocycles. The molecule has 0 aromatic heterocycles. The minimum atomic E-state index is -0.0374. The van der Waals surface area contributed by atoms with E-state index in [4.69, 9.17) is 9.47 Å². The molecular formula is C20H29N3O4. The number of benzene rings is 1. The number of ether oxygens (including phenoxy) is 2. The summed E-state index contributed by atoms with van der Waals surface area (Å²) in [7, 11) is 0. The van der Waals surface area contributed by atoms with Gasteiger partial charge in [-0.25, -0.2) is 0 Å². The van der Waals surface area contributed by atoms with Crippen molar-refractivity contribution in [2.75, 3.05) is 56.2 Å². The number of carbonyl (C=O) groups is 2. The van der Waals surface area contributed by atoms with E-state index in [9.17, 15) is 9.59 Å². The van der Waals surface area contributed by atoms with E-state index >= 15 is 0 Å². The van der Waals surface area contributed by atoms with E-state index in [-0.39, 0.29) is 24.3 Å². The molecule has 0 spiro atoms. The Balaban J connectivity index is 1.68. The predicted molar refractivity (Wildman–Crippen MR) is 104 cm³/mol. The van der Waals surface area contributed by atoms with E-state index < -0.39 is 0 Å². The second-order valence-corrected chi connectivity index (χ2v) is 6.97. The van der Waals surface area contributed by atoms with Crippen LogP contribution >= 0.6 is 0 Å². The third-order valence-electron chi connectivity index (χ3n) is 5.27. The Morgan fingerprint density at radius 2 is 1.93 bits per heavy atom. The number of nitrogens with one attached hydrogen (secondary N) is 1. The molecule has 1 fully saturated rings. The van der Waals surface area contributed by atoms with E-state index in [1.807, 2.05) is 32.0 Å². The summed E-state index contributed by atoms with van der Waals surface area (Å²) < 4.78 is 11.0. The Bertz CT molecular complexity index is 669. The third kappa shape index (κ3) is 4.78. The summed E-state index contributed by atoms with van der Waals surface area (Å²) in [6.07, 6.45) is 1.63. The number of amides is 2. The molecule has 2 aliphatic rings. The summed E-state index contributed by atoms with van der Waals surface area (Å²) in [6, 6.07) is 5.50. The number of morpholine rings is 1. The lowest BCUT2D eigenvalue weighted by molar-refractivity contribution is -0.121. The van der Waals surface area contributed by atoms with Crippen molar-refractivity contribution in [1.29, 1.82) is 0 Å². The van der Waals surface area contributed by atoms with Crippen molar-refractivity contribution in [2.24, 2.45) is 5.92 Å². The van der Waals surface area contributed by atoms with Gasteiger partial charge < -0.3 is 19.7 Å². The molecule has 3 rings (SSSR count). The normalized spacial score (nSPS) is 17.6. The topological polar surface area (TPSA) is 71.1 Å². The van der Waals surface area contributed by atoms with Gasteiger partial charge in [0, 0.05) is 43.9 Å². The highest BCUT2D eigenvalue weighted by Gasteiger charge is 2.26. The largest absolute Gasteiger partial charge is 0.481 e. The first-order valence-electron chi connectivity index (χ1n) is 9.80. The zero-order chi connectivity index (χ0) is 19.2. The molecule has 27 heavy (non-hydrogen) atoms. The van der Waals surface area contributed by atoms with Crippen molar-refractivity contribution in [3.05, 3.63) is 18.2 Å². The number of fused-ring (bicyclic) bond motifs is 1. The zero-order valence-corrected chi connectivity index (χ0v) is 16.2. The molecule has 1 saturated heterocycles. The van der Waals surface area contributed by atoms with Crippen molar-refractivity contribution in [3.8, 4) is 5.75 Å². The first-order chi connectivity index (χ1) is 13.1. The molecule has 0 aliphatic carbocycles. The van der Waals surface area contributed by atoms with Gasteiger partial charge in [-0.2, -0.15) is 0 Å². The maximum Gasteiger partial charge on any atom is 0.265 e. The van der Waals surface area contributed by atoms with Gasteiger partial charge in [0.15, 0.2) is 6.61 Å². The molecule has 1 aromatic rings. The highest BCUT2D eigenvalue weighted by atomic mass is 16.5. The number of hydrogen-bond donors (Lipinski definition) is 1. The smallest absolute Gasteiger partial charge is 0.265 e. The molecule has 0 saturated carbocycles. The van der Waals surface area contributed by atoms with Crippen LogP contribution in [-0.2, 0) is 14.3 Å². The standard InChI is InChI=1S/C20H29N3O4/c1-3-15(4-2)20(25)21-16-5-6-17-18(13-16)27-14-19(24)23(17)8-7-22-9-11-26-12-10-22/h5-6,13,15H,3-4,7-12,14H2,1-2H3,(H,21,25). The van der Waals surface area contributed by atoms with Crippen molar-refractivity contribution in [2.45, 2.75) is 26.7 Å². The molecule has 2 aliphatic heterocycles. The maximum absolute atomic E-state index is 12.3. The quantitative estimate of drug-likeness (QED) is 0.790. The summed E-state index contributed by atoms with van der Waals surface area (Å²) in [5, 5.41) is 2.96. The molecule has 0 radical (unpaired) electrons. The summed E-state index contributed by atoms with van der Waals surface area (Å²) in [6.45, 7) is 8.76. The van der Waals surface area contributed by atoms with Gasteiger partial charge >= 0.3 is 0 Å². The Hall–Kier alpha value is -2.12. The molecule has 0 atom stereocenters. The molecule has 7 nitrogen and oxygen atoms in total. The third-order valence-corrected chi connectivity index (χ3v) is 5.27. The molecule has 1 N–H and O–H groups in total. The second-order valence-electron chi connectivity index (χ2n) is 6.97. The van der Waals surface area contributed by atoms with Crippen LogP contribution in [0.3, 0.4) is 0 Å². The molecular weight excluding hydrogens is 346 g/mol. The minimum absolute atomic E-state index is 0.00792. The number of rotatable bonds is 7. The van der Waals surface area contributed by atoms with E-state index in [0.29, 0.717) is 18.0 Å². The Kier molecular flexibility index (Phi) is 6.68. The fourth-order valence-corrected chi connectivity index (χ4v) is 3.50. The SMILES string of the molecule is CCC(CC)C(=O)Nc1ccc2c(c1)OCC(=O)N2CCN1CCOCC1. The highest BCUT2D eigenvalue weighted by molar-refractivity contribution is 5.99. The average molecular weight is 375 g/mol. The molecule has 2 amide bonds. The number of hydrogen-bond acceptors (Lipinski definition) is 5. The van der Waals surface area contributed by atoms with Crippen LogP contribution in [0.2, 0.25) is 0 Å². The van der Waals surface area contributed by atoms with Gasteiger partial charge in [0.25, 0.3) is 5.91 Å². The summed E-state index contributed by atoms with van der Waals surface area (Å²) in [5.74, 6) is 0.632. The van der Waals surface area contributed by atoms with Gasteiger partial charge in [-0.1, -0.05) is 13.8 Å². The van der Waals surface area contributed by atoms with Gasteiger partial charge in [0.2, 0.25) is 5.91 Å². The van der Waals surface area contributed by atoms with Crippen LogP contribution in [0.4, 0.5) is 11.4 Å². The number of carbonyl (C=O) groups excluding carboxylic acids is 2. The lowest BCUT2D eigenvalue weighted by Crippen LogP contribution is -2.45. The van der Waals surface area contributed by atoms with Crippen LogP contribution in [0.25, 0.3) is 0 Å². The summed E-state index contributed by atoms with van der Waals surface area (Å²) in [5.41, 5.74) is 1.47. The molecule has 1 aromatic carbocycles. The lowest BCUT2D eigenvalue weighted by Gasteiger charge is -2.33.